The van der Waals surface area contributed by atoms with Crippen LogP contribution in [0.4, 0.5) is 10.1 Å². The zero-order valence-corrected chi connectivity index (χ0v) is 13.0. The van der Waals surface area contributed by atoms with Gasteiger partial charge >= 0.3 is 0 Å². The number of nitrogens with two attached hydrogens (primary N) is 1. The van der Waals surface area contributed by atoms with Gasteiger partial charge in [0.05, 0.1) is 17.1 Å². The molecular formula is C15H16ClFN4O. The molecule has 0 fully saturated rings. The number of carbonyl (C=O) groups excluding carboxylic acids is 1. The summed E-state index contributed by atoms with van der Waals surface area (Å²) in [6.07, 6.45) is 1.51. The van der Waals surface area contributed by atoms with Gasteiger partial charge in [-0.1, -0.05) is 11.6 Å². The summed E-state index contributed by atoms with van der Waals surface area (Å²) in [6.45, 7) is 0.199. The van der Waals surface area contributed by atoms with Crippen LogP contribution >= 0.6 is 11.6 Å². The number of rotatable bonds is 4. The van der Waals surface area contributed by atoms with Gasteiger partial charge in [-0.15, -0.1) is 0 Å². The van der Waals surface area contributed by atoms with Gasteiger partial charge < -0.3 is 15.2 Å². The van der Waals surface area contributed by atoms with Crippen LogP contribution in [-0.4, -0.2) is 24.6 Å². The van der Waals surface area contributed by atoms with Crippen LogP contribution in [0.3, 0.4) is 0 Å². The predicted octanol–water partition coefficient (Wildman–Crippen LogP) is 1.97. The summed E-state index contributed by atoms with van der Waals surface area (Å²) in [6, 6.07) is 5.78. The molecule has 1 heterocycles. The number of amides is 1. The Balaban J connectivity index is 2.55. The van der Waals surface area contributed by atoms with E-state index in [2.05, 4.69) is 0 Å². The summed E-state index contributed by atoms with van der Waals surface area (Å²) in [5.41, 5.74) is 6.69. The first-order chi connectivity index (χ1) is 10.3. The van der Waals surface area contributed by atoms with Crippen molar-refractivity contribution in [2.45, 2.75) is 6.54 Å². The number of nitrogens with zero attached hydrogens (tertiary/aromatic N) is 2. The fourth-order valence-corrected chi connectivity index (χ4v) is 2.45. The number of anilines is 1. The molecule has 0 unspecified atom stereocenters. The minimum atomic E-state index is -0.728. The van der Waals surface area contributed by atoms with Crippen molar-refractivity contribution < 1.29 is 9.18 Å². The number of nitrogens with one attached hydrogen (secondary N) is 1. The Kier molecular flexibility index (Phi) is 4.51. The third-order valence-electron chi connectivity index (χ3n) is 3.23. The molecule has 0 spiro atoms. The lowest BCUT2D eigenvalue weighted by Gasteiger charge is -2.19. The van der Waals surface area contributed by atoms with Crippen molar-refractivity contribution in [1.82, 2.24) is 4.57 Å². The quantitative estimate of drug-likeness (QED) is 0.903. The molecule has 1 amide bonds. The summed E-state index contributed by atoms with van der Waals surface area (Å²) in [5.74, 6) is -1.10. The normalized spacial score (nSPS) is 10.5. The largest absolute Gasteiger partial charge is 0.377 e. The van der Waals surface area contributed by atoms with E-state index in [1.165, 1.54) is 29.0 Å². The first-order valence-electron chi connectivity index (χ1n) is 6.49. The summed E-state index contributed by atoms with van der Waals surface area (Å²) >= 11 is 5.97. The number of primary amides is 1. The van der Waals surface area contributed by atoms with Gasteiger partial charge in [0.1, 0.15) is 11.3 Å². The van der Waals surface area contributed by atoms with Gasteiger partial charge in [-0.25, -0.2) is 4.39 Å². The summed E-state index contributed by atoms with van der Waals surface area (Å²) in [5, 5.41) is 8.34. The minimum Gasteiger partial charge on any atom is -0.377 e. The van der Waals surface area contributed by atoms with E-state index < -0.39 is 5.91 Å². The lowest BCUT2D eigenvalue weighted by molar-refractivity contribution is 0.0998. The van der Waals surface area contributed by atoms with Gasteiger partial charge in [0, 0.05) is 26.0 Å². The zero-order valence-electron chi connectivity index (χ0n) is 12.2. The molecule has 0 atom stereocenters. The number of halogens is 2. The summed E-state index contributed by atoms with van der Waals surface area (Å²) in [7, 11) is 3.69. The average Bonchev–Trinajstić information content (AvgIpc) is 2.41. The first kappa shape index (κ1) is 16.0. The fraction of sp³-hybridized carbons (Fsp3) is 0.200. The van der Waals surface area contributed by atoms with Gasteiger partial charge in [-0.2, -0.15) is 0 Å². The van der Waals surface area contributed by atoms with Crippen molar-refractivity contribution in [3.05, 3.63) is 57.9 Å². The molecule has 1 aromatic heterocycles. The molecule has 116 valence electrons. The van der Waals surface area contributed by atoms with Crippen molar-refractivity contribution in [3.63, 3.8) is 0 Å². The second kappa shape index (κ2) is 6.19. The fourth-order valence-electron chi connectivity index (χ4n) is 2.22. The molecule has 5 nitrogen and oxygen atoms in total. The highest BCUT2D eigenvalue weighted by Gasteiger charge is 2.11. The second-order valence-corrected chi connectivity index (χ2v) is 5.52. The number of benzene rings is 1. The van der Waals surface area contributed by atoms with Crippen LogP contribution in [0.15, 0.2) is 30.5 Å². The first-order valence-corrected chi connectivity index (χ1v) is 6.87. The Morgan fingerprint density at radius 3 is 2.68 bits per heavy atom. The Morgan fingerprint density at radius 1 is 1.41 bits per heavy atom. The number of aromatic nitrogens is 1. The minimum absolute atomic E-state index is 0.0234. The van der Waals surface area contributed by atoms with E-state index in [0.717, 1.165) is 5.69 Å². The second-order valence-electron chi connectivity index (χ2n) is 5.08. The Bertz CT molecular complexity index is 786. The van der Waals surface area contributed by atoms with E-state index in [1.54, 1.807) is 6.07 Å². The van der Waals surface area contributed by atoms with E-state index in [4.69, 9.17) is 22.7 Å². The van der Waals surface area contributed by atoms with Crippen LogP contribution in [0.5, 0.6) is 0 Å². The molecule has 0 aliphatic heterocycles. The van der Waals surface area contributed by atoms with E-state index in [1.807, 2.05) is 19.0 Å². The molecule has 7 heteroatoms. The Labute approximate surface area is 132 Å². The molecule has 0 saturated heterocycles. The monoisotopic (exact) mass is 322 g/mol. The van der Waals surface area contributed by atoms with Crippen LogP contribution in [0.2, 0.25) is 5.02 Å². The molecule has 0 bridgehead atoms. The van der Waals surface area contributed by atoms with Crippen molar-refractivity contribution in [2.24, 2.45) is 5.73 Å². The molecule has 22 heavy (non-hydrogen) atoms. The maximum Gasteiger partial charge on any atom is 0.252 e. The summed E-state index contributed by atoms with van der Waals surface area (Å²) < 4.78 is 15.0. The highest BCUT2D eigenvalue weighted by molar-refractivity contribution is 6.30. The third-order valence-corrected chi connectivity index (χ3v) is 3.44. The average molecular weight is 323 g/mol. The number of pyridine rings is 1. The van der Waals surface area contributed by atoms with Crippen molar-refractivity contribution in [3.8, 4) is 0 Å². The highest BCUT2D eigenvalue weighted by atomic mass is 35.5. The van der Waals surface area contributed by atoms with Gasteiger partial charge in [0.25, 0.3) is 5.91 Å². The maximum atomic E-state index is 13.5. The molecule has 2 aromatic rings. The van der Waals surface area contributed by atoms with Crippen molar-refractivity contribution in [2.75, 3.05) is 19.0 Å². The molecule has 0 saturated carbocycles. The maximum absolute atomic E-state index is 13.5. The zero-order chi connectivity index (χ0) is 16.4. The lowest BCUT2D eigenvalue weighted by atomic mass is 10.1. The molecule has 0 radical (unpaired) electrons. The van der Waals surface area contributed by atoms with Gasteiger partial charge in [-0.3, -0.25) is 10.2 Å². The van der Waals surface area contributed by atoms with Crippen LogP contribution < -0.4 is 16.1 Å². The van der Waals surface area contributed by atoms with E-state index in [0.29, 0.717) is 5.56 Å². The van der Waals surface area contributed by atoms with E-state index in [-0.39, 0.29) is 28.4 Å². The van der Waals surface area contributed by atoms with E-state index in [9.17, 15) is 9.18 Å². The lowest BCUT2D eigenvalue weighted by Crippen LogP contribution is -2.30. The molecule has 0 aliphatic rings. The molecule has 3 N–H and O–H groups in total. The predicted molar refractivity (Wildman–Crippen MR) is 83.6 cm³/mol. The van der Waals surface area contributed by atoms with Crippen molar-refractivity contribution >= 4 is 23.2 Å². The molecule has 1 aromatic carbocycles. The molecule has 0 aliphatic carbocycles. The highest BCUT2D eigenvalue weighted by Crippen LogP contribution is 2.21. The van der Waals surface area contributed by atoms with E-state index >= 15 is 0 Å². The van der Waals surface area contributed by atoms with Crippen LogP contribution in [0.25, 0.3) is 0 Å². The number of carbonyl (C=O) groups is 1. The smallest absolute Gasteiger partial charge is 0.252 e. The van der Waals surface area contributed by atoms with Gasteiger partial charge in [0.15, 0.2) is 0 Å². The SMILES string of the molecule is CN(C)c1ccc(F)cc1Cn1cc(Cl)cc(C(N)=O)c1=N. The molecular weight excluding hydrogens is 307 g/mol. The van der Waals surface area contributed by atoms with Crippen LogP contribution in [-0.2, 0) is 6.54 Å². The van der Waals surface area contributed by atoms with Gasteiger partial charge in [-0.05, 0) is 29.8 Å². The number of hydrogen-bond acceptors (Lipinski definition) is 3. The Morgan fingerprint density at radius 2 is 2.09 bits per heavy atom. The number of hydrogen-bond donors (Lipinski definition) is 2. The van der Waals surface area contributed by atoms with Crippen LogP contribution in [0, 0.1) is 11.2 Å². The third kappa shape index (κ3) is 3.28. The summed E-state index contributed by atoms with van der Waals surface area (Å²) in [4.78, 5) is 13.2. The molecule has 2 rings (SSSR count). The topological polar surface area (TPSA) is 75.1 Å². The van der Waals surface area contributed by atoms with Crippen LogP contribution in [0.1, 0.15) is 15.9 Å². The van der Waals surface area contributed by atoms with Crippen molar-refractivity contribution in [1.29, 1.82) is 5.41 Å². The standard InChI is InChI=1S/C15H16ClFN4O/c1-20(2)13-4-3-11(17)5-9(13)7-21-8-10(16)6-12(14(21)18)15(19)22/h3-6,8,18H,7H2,1-2H3,(H2,19,22). The Hall–Kier alpha value is -2.34. The van der Waals surface area contributed by atoms with Gasteiger partial charge in [0.2, 0.25) is 0 Å².